The first kappa shape index (κ1) is 19.1. The summed E-state index contributed by atoms with van der Waals surface area (Å²) < 4.78 is 7.08. The lowest BCUT2D eigenvalue weighted by atomic mass is 10.2. The molecule has 0 saturated heterocycles. The van der Waals surface area contributed by atoms with Gasteiger partial charge in [0.1, 0.15) is 5.76 Å². The molecule has 7 heteroatoms. The van der Waals surface area contributed by atoms with Crippen LogP contribution in [-0.2, 0) is 6.54 Å². The number of thioether (sulfide) groups is 1. The minimum absolute atomic E-state index is 0.0000789. The Balaban J connectivity index is 1.82. The van der Waals surface area contributed by atoms with Gasteiger partial charge in [-0.05, 0) is 48.9 Å². The van der Waals surface area contributed by atoms with Crippen molar-refractivity contribution in [3.63, 3.8) is 0 Å². The Morgan fingerprint density at radius 1 is 1.14 bits per heavy atom. The third kappa shape index (κ3) is 3.83. The van der Waals surface area contributed by atoms with Gasteiger partial charge in [0.2, 0.25) is 0 Å². The molecule has 0 aliphatic rings. The number of hydrogen-bond donors (Lipinski definition) is 0. The Bertz CT molecular complexity index is 1190. The second-order valence-electron chi connectivity index (χ2n) is 6.31. The van der Waals surface area contributed by atoms with Gasteiger partial charge in [-0.3, -0.25) is 9.36 Å². The summed E-state index contributed by atoms with van der Waals surface area (Å²) in [4.78, 5) is 17.9. The minimum Gasteiger partial charge on any atom is -0.467 e. The van der Waals surface area contributed by atoms with Crippen LogP contribution in [0.4, 0.5) is 0 Å². The van der Waals surface area contributed by atoms with Crippen LogP contribution in [0.2, 0.25) is 10.0 Å². The van der Waals surface area contributed by atoms with Crippen LogP contribution in [0.5, 0.6) is 0 Å². The molecule has 2 aromatic heterocycles. The monoisotopic (exact) mass is 430 g/mol. The van der Waals surface area contributed by atoms with Crippen LogP contribution in [0, 0.1) is 0 Å². The maximum Gasteiger partial charge on any atom is 0.262 e. The first-order chi connectivity index (χ1) is 13.5. The van der Waals surface area contributed by atoms with Crippen molar-refractivity contribution >= 4 is 45.9 Å². The van der Waals surface area contributed by atoms with Crippen molar-refractivity contribution in [2.45, 2.75) is 23.9 Å². The Morgan fingerprint density at radius 2 is 1.96 bits per heavy atom. The molecule has 4 rings (SSSR count). The Morgan fingerprint density at radius 3 is 2.71 bits per heavy atom. The Hall–Kier alpha value is -2.21. The normalized spacial score (nSPS) is 12.4. The third-order valence-electron chi connectivity index (χ3n) is 4.40. The van der Waals surface area contributed by atoms with E-state index in [4.69, 9.17) is 32.6 Å². The largest absolute Gasteiger partial charge is 0.467 e. The van der Waals surface area contributed by atoms with Crippen molar-refractivity contribution in [2.24, 2.45) is 0 Å². The van der Waals surface area contributed by atoms with Crippen LogP contribution in [0.1, 0.15) is 23.5 Å². The molecule has 0 amide bonds. The number of halogens is 2. The average molecular weight is 431 g/mol. The summed E-state index contributed by atoms with van der Waals surface area (Å²) >= 11 is 13.9. The zero-order chi connectivity index (χ0) is 19.7. The maximum atomic E-state index is 13.2. The van der Waals surface area contributed by atoms with E-state index < -0.39 is 0 Å². The molecule has 0 bridgehead atoms. The molecule has 4 nitrogen and oxygen atoms in total. The highest BCUT2D eigenvalue weighted by Crippen LogP contribution is 2.37. The lowest BCUT2D eigenvalue weighted by Gasteiger charge is -2.17. The fourth-order valence-electron chi connectivity index (χ4n) is 2.99. The van der Waals surface area contributed by atoms with E-state index in [2.05, 4.69) is 0 Å². The number of fused-ring (bicyclic) bond motifs is 1. The summed E-state index contributed by atoms with van der Waals surface area (Å²) in [5.41, 5.74) is 1.42. The topological polar surface area (TPSA) is 48.0 Å². The molecule has 2 heterocycles. The number of rotatable bonds is 5. The smallest absolute Gasteiger partial charge is 0.262 e. The van der Waals surface area contributed by atoms with Gasteiger partial charge in [-0.25, -0.2) is 4.98 Å². The van der Waals surface area contributed by atoms with Crippen molar-refractivity contribution in [1.29, 1.82) is 0 Å². The predicted octanol–water partition coefficient (Wildman–Crippen LogP) is 6.20. The summed E-state index contributed by atoms with van der Waals surface area (Å²) in [5, 5.41) is 2.33. The van der Waals surface area contributed by atoms with E-state index in [0.29, 0.717) is 38.4 Å². The van der Waals surface area contributed by atoms with Gasteiger partial charge < -0.3 is 4.42 Å². The van der Waals surface area contributed by atoms with Crippen LogP contribution in [-0.4, -0.2) is 9.55 Å². The van der Waals surface area contributed by atoms with Gasteiger partial charge in [0.15, 0.2) is 5.16 Å². The summed E-state index contributed by atoms with van der Waals surface area (Å²) in [7, 11) is 0. The number of aromatic nitrogens is 2. The number of hydrogen-bond acceptors (Lipinski definition) is 4. The first-order valence-corrected chi connectivity index (χ1v) is 10.3. The molecule has 0 N–H and O–H groups in total. The molecular formula is C21H16Cl2N2O2S. The molecule has 0 fully saturated rings. The average Bonchev–Trinajstić information content (AvgIpc) is 3.18. The number of benzene rings is 2. The fraction of sp³-hybridized carbons (Fsp3) is 0.143. The molecule has 0 radical (unpaired) electrons. The third-order valence-corrected chi connectivity index (χ3v) is 6.11. The van der Waals surface area contributed by atoms with Gasteiger partial charge in [-0.15, -0.1) is 0 Å². The molecule has 0 saturated carbocycles. The second-order valence-corrected chi connectivity index (χ2v) is 8.46. The van der Waals surface area contributed by atoms with E-state index in [9.17, 15) is 4.79 Å². The molecule has 1 atom stereocenters. The number of furan rings is 1. The van der Waals surface area contributed by atoms with E-state index in [-0.39, 0.29) is 10.8 Å². The molecular weight excluding hydrogens is 415 g/mol. The molecule has 142 valence electrons. The van der Waals surface area contributed by atoms with E-state index in [1.165, 1.54) is 11.8 Å². The summed E-state index contributed by atoms with van der Waals surface area (Å²) in [6.07, 6.45) is 1.59. The van der Waals surface area contributed by atoms with Gasteiger partial charge in [0, 0.05) is 15.3 Å². The van der Waals surface area contributed by atoms with Crippen molar-refractivity contribution in [1.82, 2.24) is 9.55 Å². The Labute approximate surface area is 176 Å². The van der Waals surface area contributed by atoms with Crippen LogP contribution in [0.15, 0.2) is 75.2 Å². The molecule has 28 heavy (non-hydrogen) atoms. The van der Waals surface area contributed by atoms with Crippen molar-refractivity contribution in [2.75, 3.05) is 0 Å². The van der Waals surface area contributed by atoms with E-state index in [1.807, 2.05) is 37.3 Å². The van der Waals surface area contributed by atoms with Crippen LogP contribution in [0.3, 0.4) is 0 Å². The van der Waals surface area contributed by atoms with Crippen LogP contribution >= 0.6 is 35.0 Å². The molecule has 4 aromatic rings. The van der Waals surface area contributed by atoms with Crippen molar-refractivity contribution in [3.05, 3.63) is 92.6 Å². The SMILES string of the molecule is CC(Sc1nc2cc(Cl)ccc2c(=O)n1Cc1ccco1)c1ccccc1Cl. The predicted molar refractivity (Wildman–Crippen MR) is 115 cm³/mol. The van der Waals surface area contributed by atoms with Gasteiger partial charge in [-0.1, -0.05) is 53.2 Å². The quantitative estimate of drug-likeness (QED) is 0.279. The summed E-state index contributed by atoms with van der Waals surface area (Å²) in [5.74, 6) is 0.685. The zero-order valence-electron chi connectivity index (χ0n) is 14.9. The van der Waals surface area contributed by atoms with E-state index >= 15 is 0 Å². The fourth-order valence-corrected chi connectivity index (χ4v) is 4.59. The van der Waals surface area contributed by atoms with E-state index in [1.54, 1.807) is 35.1 Å². The molecule has 0 spiro atoms. The zero-order valence-corrected chi connectivity index (χ0v) is 17.3. The maximum absolute atomic E-state index is 13.2. The lowest BCUT2D eigenvalue weighted by molar-refractivity contribution is 0.476. The lowest BCUT2D eigenvalue weighted by Crippen LogP contribution is -2.24. The van der Waals surface area contributed by atoms with Crippen molar-refractivity contribution < 1.29 is 4.42 Å². The molecule has 1 unspecified atom stereocenters. The second kappa shape index (κ2) is 8.03. The number of nitrogens with zero attached hydrogens (tertiary/aromatic N) is 2. The minimum atomic E-state index is -0.132. The van der Waals surface area contributed by atoms with E-state index in [0.717, 1.165) is 5.56 Å². The first-order valence-electron chi connectivity index (χ1n) is 8.66. The Kier molecular flexibility index (Phi) is 5.49. The molecule has 0 aliphatic carbocycles. The van der Waals surface area contributed by atoms with Gasteiger partial charge in [0.25, 0.3) is 5.56 Å². The van der Waals surface area contributed by atoms with Gasteiger partial charge in [-0.2, -0.15) is 0 Å². The van der Waals surface area contributed by atoms with Crippen LogP contribution < -0.4 is 5.56 Å². The molecule has 2 aromatic carbocycles. The van der Waals surface area contributed by atoms with Crippen molar-refractivity contribution in [3.8, 4) is 0 Å². The molecule has 0 aliphatic heterocycles. The van der Waals surface area contributed by atoms with Gasteiger partial charge in [0.05, 0.1) is 23.7 Å². The summed E-state index contributed by atoms with van der Waals surface area (Å²) in [6, 6.07) is 16.4. The highest BCUT2D eigenvalue weighted by atomic mass is 35.5. The standard InChI is InChI=1S/C21H16Cl2N2O2S/c1-13(16-6-2-3-7-18(16)23)28-21-24-19-11-14(22)8-9-17(19)20(26)25(21)12-15-5-4-10-27-15/h2-11,13H,12H2,1H3. The van der Waals surface area contributed by atoms with Crippen LogP contribution in [0.25, 0.3) is 10.9 Å². The highest BCUT2D eigenvalue weighted by Gasteiger charge is 2.18. The van der Waals surface area contributed by atoms with Gasteiger partial charge >= 0.3 is 0 Å². The summed E-state index contributed by atoms with van der Waals surface area (Å²) in [6.45, 7) is 2.34. The highest BCUT2D eigenvalue weighted by molar-refractivity contribution is 7.99.